The van der Waals surface area contributed by atoms with Crippen molar-refractivity contribution < 1.29 is 0 Å². The normalized spacial score (nSPS) is 45.1. The van der Waals surface area contributed by atoms with Crippen molar-refractivity contribution in [3.05, 3.63) is 29.3 Å². The van der Waals surface area contributed by atoms with Gasteiger partial charge in [-0.3, -0.25) is 0 Å². The molecule has 3 atom stereocenters. The number of hydrogen-bond donors (Lipinski definition) is 2. The van der Waals surface area contributed by atoms with E-state index < -0.39 is 8.07 Å². The van der Waals surface area contributed by atoms with Gasteiger partial charge in [0.05, 0.1) is 8.07 Å². The van der Waals surface area contributed by atoms with Crippen molar-refractivity contribution in [3.63, 3.8) is 0 Å². The van der Waals surface area contributed by atoms with E-state index in [1.54, 1.807) is 82.2 Å². The highest BCUT2D eigenvalue weighted by Gasteiger charge is 2.62. The molecule has 2 aliphatic heterocycles. The van der Waals surface area contributed by atoms with Crippen molar-refractivity contribution >= 4 is 30.4 Å². The Kier molecular flexibility index (Phi) is 8.31. The van der Waals surface area contributed by atoms with E-state index in [1.165, 1.54) is 58.0 Å². The molecule has 46 heavy (non-hydrogen) atoms. The number of benzene rings is 1. The van der Waals surface area contributed by atoms with Gasteiger partial charge in [-0.1, -0.05) is 50.9 Å². The smallest absolute Gasteiger partial charge is 0.0776 e. The fraction of sp³-hybridized carbons (Fsp3) is 0.854. The third-order valence-corrected chi connectivity index (χ3v) is 23.2. The maximum absolute atomic E-state index is 3.91. The molecule has 2 saturated heterocycles. The number of hydrogen-bond acceptors (Lipinski definition) is 2. The summed E-state index contributed by atoms with van der Waals surface area (Å²) in [7, 11) is 2.20. The predicted octanol–water partition coefficient (Wildman–Crippen LogP) is 9.22. The average Bonchev–Trinajstić information content (AvgIpc) is 3.02. The van der Waals surface area contributed by atoms with Gasteiger partial charge in [0.1, 0.15) is 0 Å². The minimum Gasteiger partial charge on any atom is -0.316 e. The van der Waals surface area contributed by atoms with Crippen molar-refractivity contribution in [2.45, 2.75) is 144 Å². The van der Waals surface area contributed by atoms with Crippen LogP contribution in [0.15, 0.2) is 18.2 Å². The lowest BCUT2D eigenvalue weighted by Gasteiger charge is -2.67. The van der Waals surface area contributed by atoms with Crippen LogP contribution in [0.1, 0.15) is 114 Å². The molecule has 5 heteroatoms. The quantitative estimate of drug-likeness (QED) is 0.212. The zero-order valence-corrected chi connectivity index (χ0v) is 32.8. The third-order valence-electron chi connectivity index (χ3n) is 15.9. The molecule has 8 saturated carbocycles. The van der Waals surface area contributed by atoms with E-state index in [0.717, 1.165) is 47.3 Å². The Morgan fingerprint density at radius 3 is 1.52 bits per heavy atom. The Bertz CT molecular complexity index is 1160. The molecule has 254 valence electrons. The van der Waals surface area contributed by atoms with Crippen LogP contribution in [-0.2, 0) is 11.3 Å². The number of rotatable bonds is 8. The molecule has 0 aromatic heterocycles. The Morgan fingerprint density at radius 2 is 1.15 bits per heavy atom. The summed E-state index contributed by atoms with van der Waals surface area (Å²) in [5, 5.41) is 11.1. The Hall–Kier alpha value is 0.217. The van der Waals surface area contributed by atoms with E-state index in [0.29, 0.717) is 10.3 Å². The van der Waals surface area contributed by atoms with E-state index in [-0.39, 0.29) is 13.1 Å². The molecule has 0 radical (unpaired) electrons. The Balaban J connectivity index is 1.18. The summed E-state index contributed by atoms with van der Waals surface area (Å²) >= 11 is 0. The summed E-state index contributed by atoms with van der Waals surface area (Å²) in [4.78, 5) is 0. The highest BCUT2D eigenvalue weighted by atomic mass is 31.1. The molecule has 2 nitrogen and oxygen atoms in total. The molecule has 10 fully saturated rings. The van der Waals surface area contributed by atoms with Crippen molar-refractivity contribution in [1.82, 2.24) is 10.6 Å². The Labute approximate surface area is 286 Å². The molecule has 2 N–H and O–H groups in total. The first-order valence-corrected chi connectivity index (χ1v) is 25.8. The van der Waals surface area contributed by atoms with Crippen LogP contribution in [0.5, 0.6) is 0 Å². The second-order valence-electron chi connectivity index (χ2n) is 20.0. The van der Waals surface area contributed by atoms with Gasteiger partial charge in [0.25, 0.3) is 0 Å². The van der Waals surface area contributed by atoms with E-state index >= 15 is 0 Å². The van der Waals surface area contributed by atoms with Gasteiger partial charge in [0.2, 0.25) is 0 Å². The van der Waals surface area contributed by atoms with Gasteiger partial charge in [0, 0.05) is 5.16 Å². The average molecular weight is 677 g/mol. The van der Waals surface area contributed by atoms with Crippen LogP contribution in [-0.4, -0.2) is 44.6 Å². The second kappa shape index (κ2) is 11.9. The summed E-state index contributed by atoms with van der Waals surface area (Å²) < 4.78 is 0. The highest BCUT2D eigenvalue weighted by Crippen LogP contribution is 2.80. The summed E-state index contributed by atoms with van der Waals surface area (Å²) in [5.41, 5.74) is 3.66. The van der Waals surface area contributed by atoms with Crippen molar-refractivity contribution in [1.29, 1.82) is 0 Å². The van der Waals surface area contributed by atoms with Crippen LogP contribution in [0.2, 0.25) is 19.6 Å². The largest absolute Gasteiger partial charge is 0.316 e. The van der Waals surface area contributed by atoms with Crippen LogP contribution in [0, 0.1) is 47.3 Å². The molecule has 1 aromatic rings. The number of nitrogens with one attached hydrogen (secondary N) is 2. The third kappa shape index (κ3) is 5.44. The van der Waals surface area contributed by atoms with E-state index in [4.69, 9.17) is 0 Å². The lowest BCUT2D eigenvalue weighted by molar-refractivity contribution is 0.0184. The minimum absolute atomic E-state index is 0.0503. The second-order valence-corrected chi connectivity index (χ2v) is 29.1. The van der Waals surface area contributed by atoms with E-state index in [1.807, 2.05) is 11.1 Å². The molecule has 8 bridgehead atoms. The maximum Gasteiger partial charge on any atom is 0.0776 e. The molecule has 8 aliphatic carbocycles. The monoisotopic (exact) mass is 676 g/mol. The maximum atomic E-state index is 3.91. The molecule has 1 aromatic carbocycles. The van der Waals surface area contributed by atoms with Crippen molar-refractivity contribution in [2.24, 2.45) is 47.3 Å². The van der Waals surface area contributed by atoms with Crippen molar-refractivity contribution in [3.8, 4) is 0 Å². The molecular weight excluding hydrogens is 610 g/mol. The number of piperidine rings is 2. The van der Waals surface area contributed by atoms with Crippen LogP contribution in [0.3, 0.4) is 0 Å². The van der Waals surface area contributed by atoms with Gasteiger partial charge in [0.15, 0.2) is 0 Å². The molecule has 11 rings (SSSR count). The van der Waals surface area contributed by atoms with Gasteiger partial charge in [-0.15, -0.1) is 9.24 Å². The molecule has 3 unspecified atom stereocenters. The van der Waals surface area contributed by atoms with E-state index in [9.17, 15) is 0 Å². The van der Waals surface area contributed by atoms with Gasteiger partial charge in [-0.25, -0.2) is 0 Å². The summed E-state index contributed by atoms with van der Waals surface area (Å²) in [6.07, 6.45) is 26.3. The summed E-state index contributed by atoms with van der Waals surface area (Å²) in [6, 6.07) is 8.32. The van der Waals surface area contributed by atoms with Crippen LogP contribution in [0.25, 0.3) is 0 Å². The lowest BCUT2D eigenvalue weighted by atomic mass is 9.55. The predicted molar refractivity (Wildman–Crippen MR) is 204 cm³/mol. The van der Waals surface area contributed by atoms with Gasteiger partial charge in [-0.05, 0) is 204 Å². The van der Waals surface area contributed by atoms with Crippen LogP contribution >= 0.6 is 17.2 Å². The molecule has 10 aliphatic rings. The first-order valence-electron chi connectivity index (χ1n) is 20.2. The van der Waals surface area contributed by atoms with Gasteiger partial charge < -0.3 is 10.6 Å². The zero-order chi connectivity index (χ0) is 31.3. The minimum atomic E-state index is -1.46. The van der Waals surface area contributed by atoms with Crippen LogP contribution < -0.4 is 15.8 Å². The summed E-state index contributed by atoms with van der Waals surface area (Å²) in [6.45, 7) is 12.6. The fourth-order valence-electron chi connectivity index (χ4n) is 14.7. The molecule has 0 spiro atoms. The first kappa shape index (κ1) is 32.1. The van der Waals surface area contributed by atoms with E-state index in [2.05, 4.69) is 57.7 Å². The first-order chi connectivity index (χ1) is 22.1. The molecule has 2 heterocycles. The lowest BCUT2D eigenvalue weighted by Crippen LogP contribution is -2.56. The molecular formula is C41H66N2P2Si. The molecule has 0 amide bonds. The summed E-state index contributed by atoms with van der Waals surface area (Å²) in [5.74, 6) is 7.86. The fourth-order valence-corrected chi connectivity index (χ4v) is 21.8. The zero-order valence-electron chi connectivity index (χ0n) is 29.7. The van der Waals surface area contributed by atoms with Crippen molar-refractivity contribution in [2.75, 3.05) is 26.2 Å². The van der Waals surface area contributed by atoms with Gasteiger partial charge >= 0.3 is 0 Å². The Morgan fingerprint density at radius 1 is 0.717 bits per heavy atom. The highest BCUT2D eigenvalue weighted by molar-refractivity contribution is 7.60. The standard InChI is InChI=1S/C41H66N2P2Si/c1-46(2,3)37-9-8-34(38(18-37)41(44,35-6-4-10-42-25-35)36-7-5-11-43-26-36)27-45(39-19-28-12-29(20-39)14-30(13-28)21-39)40-22-31-15-32(23-40)17-33(16-31)24-40/h8-9,18,28-33,35-36,42-43H,4-7,10-17,19-27,44H2,1-3H3. The van der Waals surface area contributed by atoms with Gasteiger partial charge in [-0.2, -0.15) is 0 Å². The SMILES string of the molecule is C[Si](C)(C)c1ccc(CP(C23CC4CC(CC(C4)C2)C3)C23CC4CC(CC(C4)C2)C3)c(C(P)(C2CCCNC2)C2CCCNC2)c1. The topological polar surface area (TPSA) is 24.1 Å². The van der Waals surface area contributed by atoms with Crippen LogP contribution in [0.4, 0.5) is 0 Å².